The molecule has 0 N–H and O–H groups in total. The molecule has 0 radical (unpaired) electrons. The first-order valence-corrected chi connectivity index (χ1v) is 18.2. The molecular formula is C44H42N6O. The molecule has 51 heavy (non-hydrogen) atoms. The van der Waals surface area contributed by atoms with Gasteiger partial charge in [0.25, 0.3) is 5.91 Å². The zero-order chi connectivity index (χ0) is 34.7. The number of hydrogen-bond donors (Lipinski definition) is 0. The maximum atomic E-state index is 13.8. The van der Waals surface area contributed by atoms with E-state index in [1.165, 1.54) is 0 Å². The SMILES string of the molecule is CCCCC1=NC2(CCCC2)C(=O)N1Cc1ccc(-c2ccccc2C2(C(c3ccccc3)(c3ccccc3)c3ccccc3)N=NN=N2)cc1. The van der Waals surface area contributed by atoms with Crippen LogP contribution in [0.15, 0.2) is 165 Å². The Morgan fingerprint density at radius 3 is 1.75 bits per heavy atom. The molecule has 254 valence electrons. The van der Waals surface area contributed by atoms with Crippen LogP contribution in [0.5, 0.6) is 0 Å². The molecule has 0 bridgehead atoms. The lowest BCUT2D eigenvalue weighted by atomic mass is 9.59. The molecular weight excluding hydrogens is 629 g/mol. The summed E-state index contributed by atoms with van der Waals surface area (Å²) in [7, 11) is 0. The maximum Gasteiger partial charge on any atom is 0.256 e. The zero-order valence-corrected chi connectivity index (χ0v) is 29.0. The summed E-state index contributed by atoms with van der Waals surface area (Å²) in [4.78, 5) is 20.9. The third-order valence-corrected chi connectivity index (χ3v) is 11.0. The molecule has 0 atom stereocenters. The average molecular weight is 671 g/mol. The lowest BCUT2D eigenvalue weighted by Crippen LogP contribution is -2.48. The van der Waals surface area contributed by atoms with Crippen LogP contribution in [0.3, 0.4) is 0 Å². The third kappa shape index (κ3) is 5.43. The van der Waals surface area contributed by atoms with Gasteiger partial charge in [0.1, 0.15) is 11.4 Å². The van der Waals surface area contributed by atoms with E-state index >= 15 is 0 Å². The van der Waals surface area contributed by atoms with Gasteiger partial charge in [-0.1, -0.05) is 166 Å². The van der Waals surface area contributed by atoms with Crippen molar-refractivity contribution in [3.8, 4) is 11.1 Å². The Labute approximate surface area is 299 Å². The van der Waals surface area contributed by atoms with Crippen LogP contribution in [-0.2, 0) is 22.4 Å². The van der Waals surface area contributed by atoms with Crippen molar-refractivity contribution in [1.29, 1.82) is 0 Å². The van der Waals surface area contributed by atoms with Crippen LogP contribution < -0.4 is 0 Å². The molecule has 3 aliphatic rings. The van der Waals surface area contributed by atoms with Crippen molar-refractivity contribution in [2.24, 2.45) is 25.7 Å². The fourth-order valence-electron chi connectivity index (χ4n) is 8.53. The van der Waals surface area contributed by atoms with Crippen molar-refractivity contribution in [2.45, 2.75) is 75.0 Å². The highest BCUT2D eigenvalue weighted by Crippen LogP contribution is 2.58. The van der Waals surface area contributed by atoms with Crippen molar-refractivity contribution in [1.82, 2.24) is 4.90 Å². The molecule has 7 nitrogen and oxygen atoms in total. The second kappa shape index (κ2) is 13.6. The maximum absolute atomic E-state index is 13.8. The number of aliphatic imine (C=N–C) groups is 1. The highest BCUT2D eigenvalue weighted by atomic mass is 16.2. The van der Waals surface area contributed by atoms with Gasteiger partial charge in [-0.25, -0.2) is 0 Å². The number of rotatable bonds is 11. The number of carbonyl (C=O) groups is 1. The Morgan fingerprint density at radius 2 is 1.20 bits per heavy atom. The van der Waals surface area contributed by atoms with Crippen molar-refractivity contribution in [3.63, 3.8) is 0 Å². The Kier molecular flexibility index (Phi) is 8.72. The van der Waals surface area contributed by atoms with E-state index in [9.17, 15) is 4.79 Å². The van der Waals surface area contributed by atoms with Crippen LogP contribution in [0.1, 0.15) is 79.7 Å². The van der Waals surface area contributed by atoms with Crippen LogP contribution in [0, 0.1) is 0 Å². The third-order valence-electron chi connectivity index (χ3n) is 11.0. The van der Waals surface area contributed by atoms with Crippen molar-refractivity contribution in [3.05, 3.63) is 167 Å². The van der Waals surface area contributed by atoms with Gasteiger partial charge in [0.2, 0.25) is 5.66 Å². The minimum Gasteiger partial charge on any atom is -0.294 e. The summed E-state index contributed by atoms with van der Waals surface area (Å²) in [6.07, 6.45) is 6.80. The Hall–Kier alpha value is -5.56. The molecule has 5 aromatic carbocycles. The van der Waals surface area contributed by atoms with E-state index < -0.39 is 16.6 Å². The average Bonchev–Trinajstić information content (AvgIpc) is 3.94. The molecule has 1 aliphatic carbocycles. The highest BCUT2D eigenvalue weighted by molar-refractivity contribution is 6.08. The topological polar surface area (TPSA) is 82.1 Å². The van der Waals surface area contributed by atoms with Gasteiger partial charge in [-0.15, -0.1) is 10.2 Å². The summed E-state index contributed by atoms with van der Waals surface area (Å²) in [5, 5.41) is 18.6. The van der Waals surface area contributed by atoms with Gasteiger partial charge in [0.15, 0.2) is 0 Å². The Balaban J connectivity index is 1.23. The first-order chi connectivity index (χ1) is 25.1. The molecule has 1 spiro atoms. The largest absolute Gasteiger partial charge is 0.294 e. The predicted molar refractivity (Wildman–Crippen MR) is 201 cm³/mol. The standard InChI is InChI=1S/C44H42N6O/c1-2-3-25-40-45-42(30-15-16-31-42)41(51)50(40)32-33-26-28-34(29-27-33)38-23-13-14-24-39(38)44(46-48-49-47-44)43(35-17-7-4-8-18-35,36-19-9-5-10-20-36)37-21-11-6-12-22-37/h4-14,17-24,26-29H,2-3,15-16,25,30-32H2,1H3. The second-order valence-corrected chi connectivity index (χ2v) is 13.9. The van der Waals surface area contributed by atoms with Crippen LogP contribution in [0.25, 0.3) is 11.1 Å². The van der Waals surface area contributed by atoms with E-state index in [1.54, 1.807) is 0 Å². The number of benzene rings is 5. The number of hydrogen-bond acceptors (Lipinski definition) is 6. The summed E-state index contributed by atoms with van der Waals surface area (Å²) < 4.78 is 0. The number of unbranched alkanes of at least 4 members (excludes halogenated alkanes) is 1. The number of amidine groups is 1. The normalized spacial score (nSPS) is 17.4. The molecule has 1 fully saturated rings. The van der Waals surface area contributed by atoms with Crippen LogP contribution in [0.4, 0.5) is 0 Å². The van der Waals surface area contributed by atoms with Gasteiger partial charge in [0, 0.05) is 12.0 Å². The van der Waals surface area contributed by atoms with Gasteiger partial charge in [0.05, 0.1) is 12.0 Å². The molecule has 5 aromatic rings. The van der Waals surface area contributed by atoms with Crippen LogP contribution in [0.2, 0.25) is 0 Å². The minimum atomic E-state index is -1.27. The van der Waals surface area contributed by atoms with Gasteiger partial charge < -0.3 is 0 Å². The minimum absolute atomic E-state index is 0.179. The number of nitrogens with zero attached hydrogens (tertiary/aromatic N) is 6. The summed E-state index contributed by atoms with van der Waals surface area (Å²) >= 11 is 0. The first-order valence-electron chi connectivity index (χ1n) is 18.2. The molecule has 8 rings (SSSR count). The Bertz CT molecular complexity index is 1980. The van der Waals surface area contributed by atoms with Gasteiger partial charge in [-0.3, -0.25) is 14.7 Å². The van der Waals surface area contributed by atoms with E-state index in [-0.39, 0.29) is 5.91 Å². The lowest BCUT2D eigenvalue weighted by Gasteiger charge is -2.45. The van der Waals surface area contributed by atoms with Crippen LogP contribution >= 0.6 is 0 Å². The van der Waals surface area contributed by atoms with Crippen molar-refractivity contribution >= 4 is 11.7 Å². The zero-order valence-electron chi connectivity index (χ0n) is 29.0. The second-order valence-electron chi connectivity index (χ2n) is 13.9. The van der Waals surface area contributed by atoms with E-state index in [4.69, 9.17) is 15.2 Å². The summed E-state index contributed by atoms with van der Waals surface area (Å²) in [5.74, 6) is 1.13. The van der Waals surface area contributed by atoms with E-state index in [0.29, 0.717) is 6.54 Å². The smallest absolute Gasteiger partial charge is 0.256 e. The first kappa shape index (κ1) is 32.6. The summed E-state index contributed by atoms with van der Waals surface area (Å²) in [6, 6.07) is 48.3. The van der Waals surface area contributed by atoms with E-state index in [2.05, 4.69) is 133 Å². The molecule has 7 heteroatoms. The molecule has 0 aromatic heterocycles. The lowest BCUT2D eigenvalue weighted by molar-refractivity contribution is -0.131. The molecule has 0 saturated heterocycles. The molecule has 1 saturated carbocycles. The van der Waals surface area contributed by atoms with Crippen molar-refractivity contribution in [2.75, 3.05) is 0 Å². The number of amides is 1. The van der Waals surface area contributed by atoms with Gasteiger partial charge in [-0.2, -0.15) is 0 Å². The summed E-state index contributed by atoms with van der Waals surface area (Å²) in [6.45, 7) is 2.71. The van der Waals surface area contributed by atoms with Gasteiger partial charge >= 0.3 is 0 Å². The van der Waals surface area contributed by atoms with Crippen LogP contribution in [-0.4, -0.2) is 22.2 Å². The number of carbonyl (C=O) groups excluding carboxylic acids is 1. The fourth-order valence-corrected chi connectivity index (χ4v) is 8.53. The highest BCUT2D eigenvalue weighted by Gasteiger charge is 2.60. The summed E-state index contributed by atoms with van der Waals surface area (Å²) in [5.41, 5.74) is 4.35. The molecule has 1 amide bonds. The predicted octanol–water partition coefficient (Wildman–Crippen LogP) is 10.6. The van der Waals surface area contributed by atoms with Gasteiger partial charge in [-0.05, 0) is 63.1 Å². The quantitative estimate of drug-likeness (QED) is 0.129. The van der Waals surface area contributed by atoms with E-state index in [0.717, 1.165) is 89.7 Å². The molecule has 2 heterocycles. The molecule has 2 aliphatic heterocycles. The Morgan fingerprint density at radius 1 is 0.667 bits per heavy atom. The monoisotopic (exact) mass is 670 g/mol. The fraction of sp³-hybridized carbons (Fsp3) is 0.273. The van der Waals surface area contributed by atoms with E-state index in [1.807, 2.05) is 29.2 Å². The van der Waals surface area contributed by atoms with Crippen molar-refractivity contribution < 1.29 is 4.79 Å². The molecule has 0 unspecified atom stereocenters.